The Labute approximate surface area is 109 Å². The van der Waals surface area contributed by atoms with Crippen molar-refractivity contribution in [3.63, 3.8) is 0 Å². The molecule has 4 nitrogen and oxygen atoms in total. The molecule has 0 aromatic heterocycles. The number of nitrogens with zero attached hydrogens (tertiary/aromatic N) is 1. The fourth-order valence-electron chi connectivity index (χ4n) is 1.43. The minimum atomic E-state index is -0.207. The largest absolute Gasteiger partial charge is 0.507 e. The highest BCUT2D eigenvalue weighted by Crippen LogP contribution is 2.26. The molecule has 1 aromatic rings. The molecule has 0 saturated carbocycles. The number of rotatable bonds is 2. The molecule has 1 rings (SSSR count). The van der Waals surface area contributed by atoms with E-state index in [1.807, 2.05) is 40.7 Å². The summed E-state index contributed by atoms with van der Waals surface area (Å²) >= 11 is 0. The molecule has 0 aliphatic rings. The molecule has 0 aliphatic heterocycles. The second-order valence-electron chi connectivity index (χ2n) is 3.81. The lowest BCUT2D eigenvalue weighted by Gasteiger charge is -2.09. The predicted molar refractivity (Wildman–Crippen MR) is 75.1 cm³/mol. The molecular weight excluding hydrogens is 228 g/mol. The number of hydrogen-bond donors (Lipinski definition) is 2. The highest BCUT2D eigenvalue weighted by atomic mass is 16.3. The van der Waals surface area contributed by atoms with Crippen LogP contribution in [0.4, 0.5) is 0 Å². The van der Waals surface area contributed by atoms with E-state index < -0.39 is 0 Å². The number of carbonyl (C=O) groups excluding carboxylic acids is 1. The maximum Gasteiger partial charge on any atom is 0.236 e. The highest BCUT2D eigenvalue weighted by Gasteiger charge is 2.07. The first-order chi connectivity index (χ1) is 8.43. The van der Waals surface area contributed by atoms with Crippen LogP contribution in [0.2, 0.25) is 0 Å². The van der Waals surface area contributed by atoms with Gasteiger partial charge in [0.15, 0.2) is 0 Å². The molecule has 0 radical (unpaired) electrons. The quantitative estimate of drug-likeness (QED) is 0.626. The molecule has 0 fully saturated rings. The topological polar surface area (TPSA) is 61.7 Å². The first-order valence-corrected chi connectivity index (χ1v) is 6.03. The minimum absolute atomic E-state index is 0.207. The number of amides is 1. The van der Waals surface area contributed by atoms with Gasteiger partial charge in [0.1, 0.15) is 5.75 Å². The van der Waals surface area contributed by atoms with Crippen molar-refractivity contribution in [1.29, 1.82) is 0 Å². The minimum Gasteiger partial charge on any atom is -0.507 e. The molecule has 1 amide bonds. The van der Waals surface area contributed by atoms with Crippen molar-refractivity contribution in [1.82, 2.24) is 5.43 Å². The van der Waals surface area contributed by atoms with Gasteiger partial charge in [-0.1, -0.05) is 13.8 Å². The molecule has 0 heterocycles. The van der Waals surface area contributed by atoms with Gasteiger partial charge in [-0.15, -0.1) is 0 Å². The van der Waals surface area contributed by atoms with Crippen LogP contribution < -0.4 is 5.43 Å². The lowest BCUT2D eigenvalue weighted by atomic mass is 9.99. The van der Waals surface area contributed by atoms with Crippen LogP contribution in [0.1, 0.15) is 43.0 Å². The summed E-state index contributed by atoms with van der Waals surface area (Å²) in [4.78, 5) is 10.6. The van der Waals surface area contributed by atoms with E-state index in [0.717, 1.165) is 22.3 Å². The zero-order chi connectivity index (χ0) is 14.3. The monoisotopic (exact) mass is 250 g/mol. The van der Waals surface area contributed by atoms with Gasteiger partial charge in [0.25, 0.3) is 0 Å². The second-order valence-corrected chi connectivity index (χ2v) is 3.81. The van der Waals surface area contributed by atoms with Crippen LogP contribution in [0.5, 0.6) is 5.75 Å². The van der Waals surface area contributed by atoms with Crippen molar-refractivity contribution in [2.75, 3.05) is 0 Å². The van der Waals surface area contributed by atoms with E-state index in [1.54, 1.807) is 6.21 Å². The average molecular weight is 250 g/mol. The molecule has 0 bridgehead atoms. The van der Waals surface area contributed by atoms with E-state index in [-0.39, 0.29) is 5.91 Å². The Bertz CT molecular complexity index is 452. The molecule has 100 valence electrons. The Morgan fingerprint density at radius 2 is 1.83 bits per heavy atom. The molecule has 0 unspecified atom stereocenters. The Morgan fingerprint density at radius 3 is 2.33 bits per heavy atom. The highest BCUT2D eigenvalue weighted by molar-refractivity contribution is 5.84. The van der Waals surface area contributed by atoms with Gasteiger partial charge < -0.3 is 5.11 Å². The normalized spacial score (nSPS) is 9.89. The molecule has 0 saturated heterocycles. The summed E-state index contributed by atoms with van der Waals surface area (Å²) in [5.41, 5.74) is 5.82. The van der Waals surface area contributed by atoms with Crippen molar-refractivity contribution < 1.29 is 9.90 Å². The number of phenolic OH excluding ortho intramolecular Hbond substituents is 1. The van der Waals surface area contributed by atoms with E-state index in [1.165, 1.54) is 6.92 Å². The molecule has 0 aliphatic carbocycles. The summed E-state index contributed by atoms with van der Waals surface area (Å²) < 4.78 is 0. The van der Waals surface area contributed by atoms with Gasteiger partial charge in [0.05, 0.1) is 6.21 Å². The Hall–Kier alpha value is -1.84. The van der Waals surface area contributed by atoms with Gasteiger partial charge in [0, 0.05) is 6.92 Å². The first-order valence-electron chi connectivity index (χ1n) is 6.03. The van der Waals surface area contributed by atoms with Gasteiger partial charge in [-0.25, -0.2) is 5.43 Å². The Kier molecular flexibility index (Phi) is 6.71. The third-order valence-corrected chi connectivity index (χ3v) is 2.52. The van der Waals surface area contributed by atoms with Crippen molar-refractivity contribution >= 4 is 12.1 Å². The van der Waals surface area contributed by atoms with Gasteiger partial charge >= 0.3 is 0 Å². The van der Waals surface area contributed by atoms with Crippen LogP contribution in [0, 0.1) is 20.8 Å². The zero-order valence-corrected chi connectivity index (χ0v) is 12.0. The summed E-state index contributed by atoms with van der Waals surface area (Å²) in [6.45, 7) is 11.0. The molecule has 18 heavy (non-hydrogen) atoms. The first kappa shape index (κ1) is 16.2. The van der Waals surface area contributed by atoms with E-state index in [0.29, 0.717) is 5.75 Å². The molecule has 0 spiro atoms. The molecule has 4 heteroatoms. The predicted octanol–water partition coefficient (Wildman–Crippen LogP) is 2.81. The smallest absolute Gasteiger partial charge is 0.236 e. The maximum atomic E-state index is 10.6. The van der Waals surface area contributed by atoms with Crippen LogP contribution in [0.3, 0.4) is 0 Å². The number of hydrogen-bond acceptors (Lipinski definition) is 3. The number of phenols is 1. The molecule has 1 aromatic carbocycles. The fourth-order valence-corrected chi connectivity index (χ4v) is 1.43. The van der Waals surface area contributed by atoms with Crippen LogP contribution in [-0.2, 0) is 4.79 Å². The maximum absolute atomic E-state index is 10.6. The van der Waals surface area contributed by atoms with Gasteiger partial charge in [-0.05, 0) is 49.1 Å². The van der Waals surface area contributed by atoms with Crippen molar-refractivity contribution in [2.24, 2.45) is 5.10 Å². The lowest BCUT2D eigenvalue weighted by molar-refractivity contribution is -0.118. The number of carbonyl (C=O) groups is 1. The number of nitrogens with one attached hydrogen (secondary N) is 1. The van der Waals surface area contributed by atoms with Crippen molar-refractivity contribution in [3.05, 3.63) is 28.3 Å². The fraction of sp³-hybridized carbons (Fsp3) is 0.429. The third kappa shape index (κ3) is 4.20. The van der Waals surface area contributed by atoms with E-state index in [2.05, 4.69) is 10.5 Å². The number of aromatic hydroxyl groups is 1. The zero-order valence-electron chi connectivity index (χ0n) is 12.0. The van der Waals surface area contributed by atoms with Crippen molar-refractivity contribution in [2.45, 2.75) is 41.5 Å². The average Bonchev–Trinajstić information content (AvgIpc) is 2.35. The Morgan fingerprint density at radius 1 is 1.28 bits per heavy atom. The SMILES string of the molecule is CC.CC(=O)N/N=C/c1cc(C)c(O)c(C)c1C. The number of hydrazone groups is 1. The summed E-state index contributed by atoms with van der Waals surface area (Å²) in [7, 11) is 0. The van der Waals surface area contributed by atoms with Gasteiger partial charge in [-0.2, -0.15) is 5.10 Å². The summed E-state index contributed by atoms with van der Waals surface area (Å²) in [5.74, 6) is 0.107. The van der Waals surface area contributed by atoms with E-state index in [9.17, 15) is 9.90 Å². The van der Waals surface area contributed by atoms with Crippen LogP contribution in [0.25, 0.3) is 0 Å². The van der Waals surface area contributed by atoms with Crippen LogP contribution in [-0.4, -0.2) is 17.2 Å². The molecular formula is C14H22N2O2. The van der Waals surface area contributed by atoms with Gasteiger partial charge in [-0.3, -0.25) is 4.79 Å². The van der Waals surface area contributed by atoms with E-state index in [4.69, 9.17) is 0 Å². The van der Waals surface area contributed by atoms with Crippen molar-refractivity contribution in [3.8, 4) is 5.75 Å². The second kappa shape index (κ2) is 7.48. The summed E-state index contributed by atoms with van der Waals surface area (Å²) in [6.07, 6.45) is 1.58. The summed E-state index contributed by atoms with van der Waals surface area (Å²) in [6, 6.07) is 1.84. The third-order valence-electron chi connectivity index (χ3n) is 2.52. The Balaban J connectivity index is 0.00000137. The van der Waals surface area contributed by atoms with Crippen LogP contribution >= 0.6 is 0 Å². The number of benzene rings is 1. The summed E-state index contributed by atoms with van der Waals surface area (Å²) in [5, 5.41) is 13.5. The molecule has 0 atom stereocenters. The van der Waals surface area contributed by atoms with Crippen LogP contribution in [0.15, 0.2) is 11.2 Å². The molecule has 2 N–H and O–H groups in total. The van der Waals surface area contributed by atoms with E-state index >= 15 is 0 Å². The number of aryl methyl sites for hydroxylation is 1. The lowest BCUT2D eigenvalue weighted by Crippen LogP contribution is -2.12. The standard InChI is InChI=1S/C12H16N2O2.C2H6/c1-7-5-11(6-13-14-10(4)15)8(2)9(3)12(7)16;1-2/h5-6,16H,1-4H3,(H,14,15);1-2H3/b13-6+;. The van der Waals surface area contributed by atoms with Gasteiger partial charge in [0.2, 0.25) is 5.91 Å².